The molecule has 0 radical (unpaired) electrons. The highest BCUT2D eigenvalue weighted by atomic mass is 16.2. The third kappa shape index (κ3) is 2.12. The van der Waals surface area contributed by atoms with Crippen molar-refractivity contribution in [3.05, 3.63) is 54.1 Å². The lowest BCUT2D eigenvalue weighted by atomic mass is 10.0. The van der Waals surface area contributed by atoms with Crippen LogP contribution in [0.1, 0.15) is 11.6 Å². The summed E-state index contributed by atoms with van der Waals surface area (Å²) in [5.74, 6) is -0.0316. The second-order valence-electron chi connectivity index (χ2n) is 4.48. The monoisotopic (exact) mass is 253 g/mol. The van der Waals surface area contributed by atoms with Crippen LogP contribution in [0.4, 0.5) is 17.1 Å². The van der Waals surface area contributed by atoms with Crippen molar-refractivity contribution in [2.24, 2.45) is 0 Å². The number of nitrogens with one attached hydrogen (secondary N) is 3. The summed E-state index contributed by atoms with van der Waals surface area (Å²) in [5, 5.41) is 9.25. The average Bonchev–Trinajstić information content (AvgIpc) is 2.47. The predicted octanol–water partition coefficient (Wildman–Crippen LogP) is 2.83. The van der Waals surface area contributed by atoms with Crippen LogP contribution in [-0.2, 0) is 4.79 Å². The van der Waals surface area contributed by atoms with Crippen molar-refractivity contribution in [3.63, 3.8) is 0 Å². The van der Waals surface area contributed by atoms with Gasteiger partial charge in [-0.15, -0.1) is 0 Å². The fourth-order valence-electron chi connectivity index (χ4n) is 2.22. The second-order valence-corrected chi connectivity index (χ2v) is 4.48. The van der Waals surface area contributed by atoms with E-state index >= 15 is 0 Å². The van der Waals surface area contributed by atoms with Crippen LogP contribution in [0.25, 0.3) is 0 Å². The molecule has 1 amide bonds. The molecular formula is C15H15N3O. The van der Waals surface area contributed by atoms with Gasteiger partial charge in [-0.3, -0.25) is 4.79 Å². The molecule has 1 atom stereocenters. The van der Waals surface area contributed by atoms with Crippen molar-refractivity contribution in [1.82, 2.24) is 0 Å². The van der Waals surface area contributed by atoms with Crippen LogP contribution in [0.3, 0.4) is 0 Å². The van der Waals surface area contributed by atoms with Crippen LogP contribution in [0.15, 0.2) is 48.5 Å². The SMILES string of the molecule is CNc1ccc(C2Nc3ccccc3NC2=O)cc1. The summed E-state index contributed by atoms with van der Waals surface area (Å²) in [6, 6.07) is 15.2. The fourth-order valence-corrected chi connectivity index (χ4v) is 2.22. The number of carbonyl (C=O) groups excluding carboxylic acids is 1. The maximum atomic E-state index is 12.1. The lowest BCUT2D eigenvalue weighted by molar-refractivity contribution is -0.117. The second kappa shape index (κ2) is 4.65. The number of carbonyl (C=O) groups is 1. The van der Waals surface area contributed by atoms with Crippen LogP contribution in [0.5, 0.6) is 0 Å². The van der Waals surface area contributed by atoms with E-state index in [1.807, 2.05) is 55.6 Å². The molecule has 0 fully saturated rings. The Morgan fingerprint density at radius 2 is 1.68 bits per heavy atom. The standard InChI is InChI=1S/C15H15N3O/c1-16-11-8-6-10(7-9-11)14-15(19)18-13-5-3-2-4-12(13)17-14/h2-9,14,16-17H,1H3,(H,18,19). The first-order chi connectivity index (χ1) is 9.28. The molecular weight excluding hydrogens is 238 g/mol. The van der Waals surface area contributed by atoms with E-state index in [0.29, 0.717) is 0 Å². The first kappa shape index (κ1) is 11.6. The van der Waals surface area contributed by atoms with E-state index in [9.17, 15) is 4.79 Å². The Balaban J connectivity index is 1.91. The van der Waals surface area contributed by atoms with Gasteiger partial charge >= 0.3 is 0 Å². The van der Waals surface area contributed by atoms with Crippen molar-refractivity contribution in [1.29, 1.82) is 0 Å². The smallest absolute Gasteiger partial charge is 0.251 e. The van der Waals surface area contributed by atoms with Gasteiger partial charge in [0.05, 0.1) is 11.4 Å². The minimum absolute atomic E-state index is 0.0316. The molecule has 2 aromatic rings. The molecule has 0 aromatic heterocycles. The van der Waals surface area contributed by atoms with Crippen LogP contribution in [-0.4, -0.2) is 13.0 Å². The van der Waals surface area contributed by atoms with Crippen molar-refractivity contribution < 1.29 is 4.79 Å². The Bertz CT molecular complexity index is 607. The molecule has 1 unspecified atom stereocenters. The highest BCUT2D eigenvalue weighted by Crippen LogP contribution is 2.32. The van der Waals surface area contributed by atoms with E-state index < -0.39 is 0 Å². The van der Waals surface area contributed by atoms with Crippen molar-refractivity contribution in [2.75, 3.05) is 23.0 Å². The molecule has 3 N–H and O–H groups in total. The predicted molar refractivity (Wildman–Crippen MR) is 77.4 cm³/mol. The van der Waals surface area contributed by atoms with E-state index in [2.05, 4.69) is 16.0 Å². The normalized spacial score (nSPS) is 17.1. The summed E-state index contributed by atoms with van der Waals surface area (Å²) in [6.45, 7) is 0. The Hall–Kier alpha value is -2.49. The van der Waals surface area contributed by atoms with Gasteiger partial charge in [-0.1, -0.05) is 24.3 Å². The molecule has 1 heterocycles. The number of fused-ring (bicyclic) bond motifs is 1. The van der Waals surface area contributed by atoms with Crippen LogP contribution in [0.2, 0.25) is 0 Å². The zero-order chi connectivity index (χ0) is 13.2. The number of hydrogen-bond donors (Lipinski definition) is 3. The Morgan fingerprint density at radius 3 is 2.37 bits per heavy atom. The van der Waals surface area contributed by atoms with Crippen molar-refractivity contribution in [3.8, 4) is 0 Å². The molecule has 2 aromatic carbocycles. The topological polar surface area (TPSA) is 53.2 Å². The third-order valence-corrected chi connectivity index (χ3v) is 3.28. The van der Waals surface area contributed by atoms with Gasteiger partial charge in [-0.2, -0.15) is 0 Å². The zero-order valence-electron chi connectivity index (χ0n) is 10.6. The Kier molecular flexibility index (Phi) is 2.83. The molecule has 3 rings (SSSR count). The first-order valence-corrected chi connectivity index (χ1v) is 6.22. The molecule has 19 heavy (non-hydrogen) atoms. The highest BCUT2D eigenvalue weighted by Gasteiger charge is 2.26. The van der Waals surface area contributed by atoms with Crippen LogP contribution >= 0.6 is 0 Å². The summed E-state index contributed by atoms with van der Waals surface area (Å²) in [7, 11) is 1.87. The first-order valence-electron chi connectivity index (χ1n) is 6.22. The van der Waals surface area contributed by atoms with Gasteiger partial charge < -0.3 is 16.0 Å². The minimum Gasteiger partial charge on any atom is -0.388 e. The van der Waals surface area contributed by atoms with Gasteiger partial charge in [0.1, 0.15) is 6.04 Å². The molecule has 0 saturated carbocycles. The van der Waals surface area contributed by atoms with E-state index in [1.165, 1.54) is 0 Å². The zero-order valence-corrected chi connectivity index (χ0v) is 10.6. The van der Waals surface area contributed by atoms with E-state index in [1.54, 1.807) is 0 Å². The molecule has 0 spiro atoms. The molecule has 4 nitrogen and oxygen atoms in total. The average molecular weight is 253 g/mol. The number of rotatable bonds is 2. The highest BCUT2D eigenvalue weighted by molar-refractivity contribution is 6.03. The van der Waals surface area contributed by atoms with Gasteiger partial charge in [0.15, 0.2) is 0 Å². The Labute approximate surface area is 111 Å². The molecule has 0 aliphatic carbocycles. The number of amides is 1. The molecule has 1 aliphatic heterocycles. The van der Waals surface area contributed by atoms with Crippen molar-refractivity contribution in [2.45, 2.75) is 6.04 Å². The molecule has 96 valence electrons. The molecule has 1 aliphatic rings. The van der Waals surface area contributed by atoms with Gasteiger partial charge in [-0.25, -0.2) is 0 Å². The van der Waals surface area contributed by atoms with Crippen molar-refractivity contribution >= 4 is 23.0 Å². The summed E-state index contributed by atoms with van der Waals surface area (Å²) < 4.78 is 0. The van der Waals surface area contributed by atoms with Gasteiger partial charge in [0.25, 0.3) is 5.91 Å². The lowest BCUT2D eigenvalue weighted by Crippen LogP contribution is -2.31. The van der Waals surface area contributed by atoms with E-state index in [0.717, 1.165) is 22.6 Å². The van der Waals surface area contributed by atoms with Crippen LogP contribution < -0.4 is 16.0 Å². The number of para-hydroxylation sites is 2. The quantitative estimate of drug-likeness (QED) is 0.771. The summed E-state index contributed by atoms with van der Waals surface area (Å²) in [4.78, 5) is 12.1. The van der Waals surface area contributed by atoms with Gasteiger partial charge in [0.2, 0.25) is 0 Å². The largest absolute Gasteiger partial charge is 0.388 e. The maximum absolute atomic E-state index is 12.1. The fraction of sp³-hybridized carbons (Fsp3) is 0.133. The number of benzene rings is 2. The molecule has 0 bridgehead atoms. The Morgan fingerprint density at radius 1 is 1.00 bits per heavy atom. The van der Waals surface area contributed by atoms with E-state index in [4.69, 9.17) is 0 Å². The minimum atomic E-state index is -0.346. The van der Waals surface area contributed by atoms with Gasteiger partial charge in [-0.05, 0) is 29.8 Å². The molecule has 4 heteroatoms. The third-order valence-electron chi connectivity index (χ3n) is 3.28. The van der Waals surface area contributed by atoms with E-state index in [-0.39, 0.29) is 11.9 Å². The maximum Gasteiger partial charge on any atom is 0.251 e. The van der Waals surface area contributed by atoms with Gasteiger partial charge in [0, 0.05) is 12.7 Å². The molecule has 0 saturated heterocycles. The summed E-state index contributed by atoms with van der Waals surface area (Å²) in [6.07, 6.45) is 0. The number of anilines is 3. The number of hydrogen-bond acceptors (Lipinski definition) is 3. The van der Waals surface area contributed by atoms with Crippen LogP contribution in [0, 0.1) is 0 Å². The summed E-state index contributed by atoms with van der Waals surface area (Å²) >= 11 is 0. The summed E-state index contributed by atoms with van der Waals surface area (Å²) in [5.41, 5.74) is 3.76. The lowest BCUT2D eigenvalue weighted by Gasteiger charge is -2.27.